The molecule has 0 aromatic heterocycles. The molecule has 1 heterocycles. The molecule has 0 radical (unpaired) electrons. The second kappa shape index (κ2) is 8.60. The normalized spacial score (nSPS) is 18.3. The fraction of sp³-hybridized carbons (Fsp3) is 0.500. The van der Waals surface area contributed by atoms with Crippen molar-refractivity contribution < 1.29 is 17.9 Å². The molecule has 6 heteroatoms. The lowest BCUT2D eigenvalue weighted by molar-refractivity contribution is 0.229. The molecule has 0 saturated heterocycles. The molecule has 30 heavy (non-hydrogen) atoms. The summed E-state index contributed by atoms with van der Waals surface area (Å²) in [5.74, 6) is 1.54. The van der Waals surface area contributed by atoms with Crippen LogP contribution in [0.4, 0.5) is 0 Å². The van der Waals surface area contributed by atoms with Crippen LogP contribution in [0, 0.1) is 0 Å². The van der Waals surface area contributed by atoms with Gasteiger partial charge in [0.15, 0.2) is 21.3 Å². The van der Waals surface area contributed by atoms with Crippen LogP contribution < -0.4 is 9.47 Å². The van der Waals surface area contributed by atoms with Crippen molar-refractivity contribution in [3.05, 3.63) is 53.6 Å². The van der Waals surface area contributed by atoms with E-state index in [0.29, 0.717) is 4.90 Å². The second-order valence-corrected chi connectivity index (χ2v) is 10.8. The number of ether oxygens (including phenoxy) is 2. The number of rotatable bonds is 8. The molecule has 2 aromatic carbocycles. The largest absolute Gasteiger partial charge is 0.493 e. The van der Waals surface area contributed by atoms with Gasteiger partial charge in [-0.1, -0.05) is 24.6 Å². The zero-order valence-corrected chi connectivity index (χ0v) is 18.7. The van der Waals surface area contributed by atoms with E-state index in [4.69, 9.17) is 9.47 Å². The maximum absolute atomic E-state index is 13.3. The van der Waals surface area contributed by atoms with Gasteiger partial charge in [0.05, 0.1) is 23.9 Å². The van der Waals surface area contributed by atoms with E-state index in [9.17, 15) is 8.42 Å². The molecular weight excluding hydrogens is 398 g/mol. The quantitative estimate of drug-likeness (QED) is 0.628. The van der Waals surface area contributed by atoms with E-state index in [1.165, 1.54) is 11.1 Å². The average molecular weight is 430 g/mol. The Labute approximate surface area is 179 Å². The molecule has 0 spiro atoms. The molecule has 1 aliphatic heterocycles. The third-order valence-corrected chi connectivity index (χ3v) is 9.44. The van der Waals surface area contributed by atoms with Gasteiger partial charge >= 0.3 is 0 Å². The summed E-state index contributed by atoms with van der Waals surface area (Å²) >= 11 is 0. The van der Waals surface area contributed by atoms with Gasteiger partial charge in [-0.15, -0.1) is 0 Å². The zero-order valence-electron chi connectivity index (χ0n) is 17.9. The summed E-state index contributed by atoms with van der Waals surface area (Å²) in [4.78, 5) is 2.90. The van der Waals surface area contributed by atoms with Crippen LogP contribution >= 0.6 is 0 Å². The van der Waals surface area contributed by atoms with Crippen LogP contribution in [0.2, 0.25) is 0 Å². The first-order valence-corrected chi connectivity index (χ1v) is 12.2. The van der Waals surface area contributed by atoms with Crippen LogP contribution in [0.3, 0.4) is 0 Å². The van der Waals surface area contributed by atoms with E-state index in [-0.39, 0.29) is 0 Å². The highest BCUT2D eigenvalue weighted by molar-refractivity contribution is 7.93. The van der Waals surface area contributed by atoms with Gasteiger partial charge in [0.1, 0.15) is 0 Å². The maximum atomic E-state index is 13.3. The van der Waals surface area contributed by atoms with Crippen molar-refractivity contribution in [2.24, 2.45) is 0 Å². The smallest absolute Gasteiger partial charge is 0.184 e. The van der Waals surface area contributed by atoms with Crippen LogP contribution in [0.1, 0.15) is 43.2 Å². The maximum Gasteiger partial charge on any atom is 0.184 e. The van der Waals surface area contributed by atoms with Gasteiger partial charge in [-0.2, -0.15) is 0 Å². The van der Waals surface area contributed by atoms with Crippen molar-refractivity contribution in [1.82, 2.24) is 4.90 Å². The Morgan fingerprint density at radius 2 is 1.67 bits per heavy atom. The molecule has 2 aromatic rings. The average Bonchev–Trinajstić information content (AvgIpc) is 2.74. The lowest BCUT2D eigenvalue weighted by Crippen LogP contribution is -2.45. The summed E-state index contributed by atoms with van der Waals surface area (Å²) < 4.78 is 36.9. The molecule has 0 bridgehead atoms. The van der Waals surface area contributed by atoms with Gasteiger partial charge in [-0.3, -0.25) is 4.90 Å². The summed E-state index contributed by atoms with van der Waals surface area (Å²) in [5, 5.41) is 0. The second-order valence-electron chi connectivity index (χ2n) is 8.46. The molecular formula is C24H31NO4S. The van der Waals surface area contributed by atoms with E-state index in [1.807, 2.05) is 18.2 Å². The third-order valence-electron chi connectivity index (χ3n) is 6.79. The number of nitrogens with zero attached hydrogens (tertiary/aromatic N) is 1. The molecule has 0 N–H and O–H groups in total. The van der Waals surface area contributed by atoms with Gasteiger partial charge in [0.25, 0.3) is 0 Å². The van der Waals surface area contributed by atoms with Crippen molar-refractivity contribution in [3.63, 3.8) is 0 Å². The highest BCUT2D eigenvalue weighted by atomic mass is 32.2. The fourth-order valence-corrected chi connectivity index (χ4v) is 7.09. The standard InChI is InChI=1S/C24H31NO4S/c1-28-22-16-19-10-15-25(18-20(19)17-23(22)29-2)14-7-13-24(11-6-12-24)30(26,27)21-8-4-3-5-9-21/h3-5,8-9,16-17H,6-7,10-15,18H2,1-2H3. The topological polar surface area (TPSA) is 55.8 Å². The Morgan fingerprint density at radius 3 is 2.27 bits per heavy atom. The van der Waals surface area contributed by atoms with Crippen molar-refractivity contribution in [1.29, 1.82) is 0 Å². The van der Waals surface area contributed by atoms with Gasteiger partial charge in [0, 0.05) is 13.1 Å². The molecule has 5 nitrogen and oxygen atoms in total. The summed E-state index contributed by atoms with van der Waals surface area (Å²) in [5.41, 5.74) is 2.58. The van der Waals surface area contributed by atoms with Crippen LogP contribution in [0.15, 0.2) is 47.4 Å². The van der Waals surface area contributed by atoms with E-state index in [0.717, 1.165) is 69.7 Å². The Hall–Kier alpha value is -2.05. The molecule has 0 amide bonds. The molecule has 0 atom stereocenters. The lowest BCUT2D eigenvalue weighted by atomic mass is 9.81. The minimum atomic E-state index is -3.28. The molecule has 1 saturated carbocycles. The Morgan fingerprint density at radius 1 is 1.00 bits per heavy atom. The van der Waals surface area contributed by atoms with Crippen LogP contribution in [-0.2, 0) is 22.8 Å². The van der Waals surface area contributed by atoms with Crippen LogP contribution in [0.5, 0.6) is 11.5 Å². The molecule has 4 rings (SSSR count). The number of hydrogen-bond donors (Lipinski definition) is 0. The SMILES string of the molecule is COc1cc2c(cc1OC)CN(CCCC1(S(=O)(=O)c3ccccc3)CCC1)CC2. The summed E-state index contributed by atoms with van der Waals surface area (Å²) in [7, 11) is 0.0475. The Kier molecular flexibility index (Phi) is 6.07. The van der Waals surface area contributed by atoms with Crippen molar-refractivity contribution in [3.8, 4) is 11.5 Å². The minimum Gasteiger partial charge on any atom is -0.493 e. The van der Waals surface area contributed by atoms with E-state index >= 15 is 0 Å². The molecule has 1 fully saturated rings. The monoisotopic (exact) mass is 429 g/mol. The predicted molar refractivity (Wildman–Crippen MR) is 118 cm³/mol. The Balaban J connectivity index is 1.40. The third kappa shape index (κ3) is 3.83. The first-order chi connectivity index (χ1) is 14.5. The lowest BCUT2D eigenvalue weighted by Gasteiger charge is -2.41. The van der Waals surface area contributed by atoms with E-state index in [2.05, 4.69) is 17.0 Å². The minimum absolute atomic E-state index is 0.470. The van der Waals surface area contributed by atoms with Gasteiger partial charge in [0.2, 0.25) is 0 Å². The van der Waals surface area contributed by atoms with Crippen LogP contribution in [0.25, 0.3) is 0 Å². The summed E-state index contributed by atoms with van der Waals surface area (Å²) in [6.07, 6.45) is 5.18. The number of hydrogen-bond acceptors (Lipinski definition) is 5. The summed E-state index contributed by atoms with van der Waals surface area (Å²) in [6.45, 7) is 2.77. The van der Waals surface area contributed by atoms with Crippen molar-refractivity contribution >= 4 is 9.84 Å². The highest BCUT2D eigenvalue weighted by Gasteiger charge is 2.48. The van der Waals surface area contributed by atoms with E-state index in [1.54, 1.807) is 26.4 Å². The Bertz CT molecular complexity index is 984. The fourth-order valence-electron chi connectivity index (χ4n) is 4.83. The number of benzene rings is 2. The molecule has 0 unspecified atom stereocenters. The molecule has 162 valence electrons. The van der Waals surface area contributed by atoms with E-state index < -0.39 is 14.6 Å². The van der Waals surface area contributed by atoms with Crippen molar-refractivity contribution in [2.45, 2.75) is 54.7 Å². The first-order valence-electron chi connectivity index (χ1n) is 10.7. The highest BCUT2D eigenvalue weighted by Crippen LogP contribution is 2.46. The molecule has 2 aliphatic rings. The van der Waals surface area contributed by atoms with Crippen LogP contribution in [-0.4, -0.2) is 45.4 Å². The van der Waals surface area contributed by atoms with Gasteiger partial charge in [-0.25, -0.2) is 8.42 Å². The summed E-state index contributed by atoms with van der Waals surface area (Å²) in [6, 6.07) is 13.1. The number of fused-ring (bicyclic) bond motifs is 1. The number of sulfone groups is 1. The first kappa shape index (κ1) is 21.2. The van der Waals surface area contributed by atoms with Gasteiger partial charge < -0.3 is 9.47 Å². The van der Waals surface area contributed by atoms with Crippen molar-refractivity contribution in [2.75, 3.05) is 27.3 Å². The number of methoxy groups -OCH3 is 2. The molecule has 1 aliphatic carbocycles. The zero-order chi connectivity index (χ0) is 21.2. The predicted octanol–water partition coefficient (Wildman–Crippen LogP) is 4.24. The van der Waals surface area contributed by atoms with Gasteiger partial charge in [-0.05, 0) is 74.0 Å².